The molecule has 0 spiro atoms. The van der Waals surface area contributed by atoms with Gasteiger partial charge in [0.15, 0.2) is 5.41 Å². The van der Waals surface area contributed by atoms with Gasteiger partial charge in [-0.3, -0.25) is 9.59 Å². The van der Waals surface area contributed by atoms with E-state index in [4.69, 9.17) is 9.47 Å². The SMILES string of the molecule is CCCCCCCCOC(=O)C(C)(C)C(=O)OCCc1ccccc1. The molecule has 25 heavy (non-hydrogen) atoms. The average Bonchev–Trinajstić information content (AvgIpc) is 2.61. The fraction of sp³-hybridized carbons (Fsp3) is 0.619. The van der Waals surface area contributed by atoms with Crippen LogP contribution in [0, 0.1) is 5.41 Å². The zero-order valence-corrected chi connectivity index (χ0v) is 15.9. The van der Waals surface area contributed by atoms with Crippen LogP contribution in [0.2, 0.25) is 0 Å². The van der Waals surface area contributed by atoms with E-state index in [1.54, 1.807) is 13.8 Å². The number of benzene rings is 1. The third-order valence-corrected chi connectivity index (χ3v) is 4.22. The number of hydrogen-bond donors (Lipinski definition) is 0. The first kappa shape index (κ1) is 21.2. The van der Waals surface area contributed by atoms with Crippen LogP contribution in [0.25, 0.3) is 0 Å². The van der Waals surface area contributed by atoms with Crippen LogP contribution in [0.15, 0.2) is 30.3 Å². The number of hydrogen-bond acceptors (Lipinski definition) is 4. The van der Waals surface area contributed by atoms with Crippen molar-refractivity contribution >= 4 is 11.9 Å². The first-order valence-electron chi connectivity index (χ1n) is 9.37. The topological polar surface area (TPSA) is 52.6 Å². The maximum absolute atomic E-state index is 12.2. The van der Waals surface area contributed by atoms with Gasteiger partial charge in [-0.05, 0) is 25.8 Å². The molecule has 0 bridgehead atoms. The van der Waals surface area contributed by atoms with Gasteiger partial charge in [-0.15, -0.1) is 0 Å². The molecule has 4 heteroatoms. The smallest absolute Gasteiger partial charge is 0.322 e. The Morgan fingerprint density at radius 3 is 2.04 bits per heavy atom. The molecule has 0 radical (unpaired) electrons. The van der Waals surface area contributed by atoms with E-state index in [1.165, 1.54) is 19.3 Å². The van der Waals surface area contributed by atoms with Crippen molar-refractivity contribution in [3.8, 4) is 0 Å². The molecule has 0 N–H and O–H groups in total. The van der Waals surface area contributed by atoms with Crippen LogP contribution in [-0.2, 0) is 25.5 Å². The lowest BCUT2D eigenvalue weighted by atomic mass is 9.94. The van der Waals surface area contributed by atoms with Gasteiger partial charge < -0.3 is 9.47 Å². The lowest BCUT2D eigenvalue weighted by molar-refractivity contribution is -0.169. The number of esters is 2. The molecule has 0 aromatic heterocycles. The van der Waals surface area contributed by atoms with Crippen LogP contribution < -0.4 is 0 Å². The van der Waals surface area contributed by atoms with Crippen LogP contribution in [0.1, 0.15) is 64.9 Å². The number of carbonyl (C=O) groups is 2. The van der Waals surface area contributed by atoms with Gasteiger partial charge in [0, 0.05) is 6.42 Å². The van der Waals surface area contributed by atoms with E-state index in [-0.39, 0.29) is 6.61 Å². The Morgan fingerprint density at radius 1 is 0.840 bits per heavy atom. The second-order valence-corrected chi connectivity index (χ2v) is 6.90. The summed E-state index contributed by atoms with van der Waals surface area (Å²) >= 11 is 0. The quantitative estimate of drug-likeness (QED) is 0.312. The molecule has 0 amide bonds. The lowest BCUT2D eigenvalue weighted by Crippen LogP contribution is -2.37. The molecule has 0 aliphatic heterocycles. The molecule has 0 unspecified atom stereocenters. The Kier molecular flexibility index (Phi) is 9.90. The summed E-state index contributed by atoms with van der Waals surface area (Å²) in [4.78, 5) is 24.3. The van der Waals surface area contributed by atoms with Crippen molar-refractivity contribution in [3.63, 3.8) is 0 Å². The summed E-state index contributed by atoms with van der Waals surface area (Å²) in [7, 11) is 0. The lowest BCUT2D eigenvalue weighted by Gasteiger charge is -2.20. The molecule has 1 aromatic rings. The van der Waals surface area contributed by atoms with E-state index in [1.807, 2.05) is 30.3 Å². The van der Waals surface area contributed by atoms with Crippen molar-refractivity contribution in [3.05, 3.63) is 35.9 Å². The van der Waals surface area contributed by atoms with Gasteiger partial charge in [-0.25, -0.2) is 0 Å². The Bertz CT molecular complexity index is 508. The fourth-order valence-electron chi connectivity index (χ4n) is 2.40. The third-order valence-electron chi connectivity index (χ3n) is 4.22. The molecule has 1 aromatic carbocycles. The number of ether oxygens (including phenoxy) is 2. The molecule has 140 valence electrons. The normalized spacial score (nSPS) is 11.2. The molecule has 0 saturated carbocycles. The predicted octanol–water partition coefficient (Wildman–Crippen LogP) is 4.70. The summed E-state index contributed by atoms with van der Waals surface area (Å²) in [5, 5.41) is 0. The highest BCUT2D eigenvalue weighted by molar-refractivity contribution is 5.99. The highest BCUT2D eigenvalue weighted by Crippen LogP contribution is 2.20. The highest BCUT2D eigenvalue weighted by atomic mass is 16.6. The summed E-state index contributed by atoms with van der Waals surface area (Å²) in [5.74, 6) is -1.04. The monoisotopic (exact) mass is 348 g/mol. The Hall–Kier alpha value is -1.84. The van der Waals surface area contributed by atoms with E-state index >= 15 is 0 Å². The first-order valence-corrected chi connectivity index (χ1v) is 9.37. The van der Waals surface area contributed by atoms with Gasteiger partial charge in [-0.2, -0.15) is 0 Å². The molecule has 0 heterocycles. The van der Waals surface area contributed by atoms with Gasteiger partial charge >= 0.3 is 11.9 Å². The molecule has 0 atom stereocenters. The minimum atomic E-state index is -1.26. The summed E-state index contributed by atoms with van der Waals surface area (Å²) in [6.45, 7) is 5.92. The van der Waals surface area contributed by atoms with Gasteiger partial charge in [0.1, 0.15) is 0 Å². The maximum atomic E-state index is 12.2. The Morgan fingerprint density at radius 2 is 1.40 bits per heavy atom. The molecular weight excluding hydrogens is 316 g/mol. The van der Waals surface area contributed by atoms with E-state index < -0.39 is 17.4 Å². The van der Waals surface area contributed by atoms with E-state index in [2.05, 4.69) is 6.92 Å². The van der Waals surface area contributed by atoms with Crippen LogP contribution in [0.5, 0.6) is 0 Å². The average molecular weight is 348 g/mol. The zero-order valence-electron chi connectivity index (χ0n) is 15.9. The van der Waals surface area contributed by atoms with Crippen molar-refractivity contribution in [2.75, 3.05) is 13.2 Å². The van der Waals surface area contributed by atoms with Gasteiger partial charge in [0.25, 0.3) is 0 Å². The van der Waals surface area contributed by atoms with Crippen LogP contribution in [0.4, 0.5) is 0 Å². The Balaban J connectivity index is 2.24. The van der Waals surface area contributed by atoms with Crippen molar-refractivity contribution in [1.82, 2.24) is 0 Å². The van der Waals surface area contributed by atoms with Crippen LogP contribution >= 0.6 is 0 Å². The van der Waals surface area contributed by atoms with E-state index in [9.17, 15) is 9.59 Å². The largest absolute Gasteiger partial charge is 0.465 e. The Labute approximate surface area is 151 Å². The predicted molar refractivity (Wildman–Crippen MR) is 99.2 cm³/mol. The summed E-state index contributed by atoms with van der Waals surface area (Å²) in [6, 6.07) is 9.79. The fourth-order valence-corrected chi connectivity index (χ4v) is 2.40. The van der Waals surface area contributed by atoms with Crippen molar-refractivity contribution < 1.29 is 19.1 Å². The number of unbranched alkanes of at least 4 members (excludes halogenated alkanes) is 5. The molecule has 1 rings (SSSR count). The zero-order chi connectivity index (χ0) is 18.5. The second-order valence-electron chi connectivity index (χ2n) is 6.90. The van der Waals surface area contributed by atoms with Crippen LogP contribution in [0.3, 0.4) is 0 Å². The minimum Gasteiger partial charge on any atom is -0.465 e. The summed E-state index contributed by atoms with van der Waals surface area (Å²) in [5.41, 5.74) is -0.169. The molecular formula is C21H32O4. The van der Waals surface area contributed by atoms with Gasteiger partial charge in [-0.1, -0.05) is 69.4 Å². The molecule has 0 aliphatic carbocycles. The summed E-state index contributed by atoms with van der Waals surface area (Å²) in [6.07, 6.45) is 7.39. The maximum Gasteiger partial charge on any atom is 0.322 e. The number of rotatable bonds is 12. The highest BCUT2D eigenvalue weighted by Gasteiger charge is 2.39. The van der Waals surface area contributed by atoms with E-state index in [0.29, 0.717) is 13.0 Å². The van der Waals surface area contributed by atoms with Crippen molar-refractivity contribution in [1.29, 1.82) is 0 Å². The molecule has 4 nitrogen and oxygen atoms in total. The van der Waals surface area contributed by atoms with E-state index in [0.717, 1.165) is 24.8 Å². The standard InChI is InChI=1S/C21H32O4/c1-4-5-6-7-8-12-16-24-19(22)21(2,3)20(23)25-17-15-18-13-10-9-11-14-18/h9-11,13-14H,4-8,12,15-17H2,1-3H3. The first-order chi connectivity index (χ1) is 12.0. The van der Waals surface area contributed by atoms with Gasteiger partial charge in [0.2, 0.25) is 0 Å². The molecule has 0 aliphatic rings. The minimum absolute atomic E-state index is 0.261. The third kappa shape index (κ3) is 8.19. The van der Waals surface area contributed by atoms with Crippen molar-refractivity contribution in [2.45, 2.75) is 65.7 Å². The molecule has 0 fully saturated rings. The second kappa shape index (κ2) is 11.7. The van der Waals surface area contributed by atoms with Crippen molar-refractivity contribution in [2.24, 2.45) is 5.41 Å². The summed E-state index contributed by atoms with van der Waals surface area (Å²) < 4.78 is 10.5. The van der Waals surface area contributed by atoms with Crippen LogP contribution in [-0.4, -0.2) is 25.2 Å². The number of carbonyl (C=O) groups excluding carboxylic acids is 2. The molecule has 0 saturated heterocycles. The van der Waals surface area contributed by atoms with Gasteiger partial charge in [0.05, 0.1) is 13.2 Å².